The van der Waals surface area contributed by atoms with Crippen LogP contribution in [0.1, 0.15) is 115 Å². The molecule has 1 saturated heterocycles. The number of H-pyrrole nitrogens is 1. The van der Waals surface area contributed by atoms with Gasteiger partial charge in [-0.05, 0) is 108 Å². The molecule has 0 aliphatic carbocycles. The van der Waals surface area contributed by atoms with E-state index in [1.807, 2.05) is 30.3 Å². The molecule has 762 valence electrons. The normalized spacial score (nSPS) is 22.5. The van der Waals surface area contributed by atoms with Gasteiger partial charge in [-0.25, -0.2) is 0 Å². The number of aliphatic carboxylic acids is 2. The van der Waals surface area contributed by atoms with Crippen molar-refractivity contribution < 1.29 is 107 Å². The number of aromatic nitrogens is 1. The van der Waals surface area contributed by atoms with Gasteiger partial charge in [0.2, 0.25) is 94.5 Å². The number of primary amides is 1. The number of phenols is 1. The highest BCUT2D eigenvalue weighted by molar-refractivity contribution is 8.00. The number of carboxylic acids is 2. The van der Waals surface area contributed by atoms with Gasteiger partial charge in [0.25, 0.3) is 0 Å². The van der Waals surface area contributed by atoms with Crippen LogP contribution in [-0.4, -0.2) is 278 Å². The number of likely N-dealkylation sites (N-methyl/N-ethyl adjacent to an activating group) is 2. The van der Waals surface area contributed by atoms with E-state index in [1.54, 1.807) is 143 Å². The average Bonchev–Trinajstić information content (AvgIpc) is 1.46. The van der Waals surface area contributed by atoms with Crippen molar-refractivity contribution in [3.8, 4) is 16.9 Å². The molecule has 0 spiro atoms. The number of aliphatic hydroxyl groups excluding tert-OH is 1. The molecule has 1 unspecified atom stereocenters. The van der Waals surface area contributed by atoms with Gasteiger partial charge in [0.15, 0.2) is 5.96 Å². The smallest absolute Gasteiger partial charge is 0.305 e. The van der Waals surface area contributed by atoms with Crippen molar-refractivity contribution in [3.63, 3.8) is 0 Å². The number of nitrogens with zero attached hydrogens (tertiary/aromatic N) is 2. The number of rotatable bonds is 28. The van der Waals surface area contributed by atoms with E-state index >= 15 is 43.2 Å². The SMILES string of the molecule is CC(C)C[C@@H]1NC(=O)C(CCC(=O)O)NC(=O)[C@H](Cc2ccccc2)N(C)C(=O)[C@H](C)N(C)C(=O)[C@H](CCCNC(=N)N)NC(=O)[C@H](Cc2ccc(-c3ccccc3)cc2)NC(=O)[C@H](C(C)C)NC(=O)[C@H](Cc2c[nH]c3ccccc23)NC(=O)[C@H](CC(=O)O)NC(=O)[C@H](Cc2ccc(O)cc2)NC(=O)[C@H](Cc2ccccc2)NC(=O)CSC[C@@H](C(=O)NCC(N)=O)NC(=O)[C@H](CO)NC(=O)[C@H](C(C)C)NC1=O. The highest BCUT2D eigenvalue weighted by Gasteiger charge is 2.42. The fraction of sp³-hybridized carbons (Fsp3) is 0.424. The Labute approximate surface area is 825 Å². The van der Waals surface area contributed by atoms with Crippen LogP contribution in [0.15, 0.2) is 170 Å². The third kappa shape index (κ3) is 34.9. The number of guanidine groups is 1. The Hall–Kier alpha value is -15.3. The van der Waals surface area contributed by atoms with Crippen molar-refractivity contribution in [2.24, 2.45) is 29.2 Å². The number of carbonyl (C=O) groups excluding carboxylic acids is 16. The minimum absolute atomic E-state index is 0.0125. The molecule has 1 aliphatic heterocycles. The largest absolute Gasteiger partial charge is 0.508 e. The molecule has 2 heterocycles. The number of hydrogen-bond donors (Lipinski definition) is 22. The number of aliphatic hydroxyl groups is 1. The van der Waals surface area contributed by atoms with Crippen LogP contribution in [-0.2, 0) is 118 Å². The fourth-order valence-corrected chi connectivity index (χ4v) is 16.5. The summed E-state index contributed by atoms with van der Waals surface area (Å²) in [6.07, 6.45) is -3.04. The maximum absolute atomic E-state index is 15.6. The molecule has 1 fully saturated rings. The quantitative estimate of drug-likeness (QED) is 0.0172. The summed E-state index contributed by atoms with van der Waals surface area (Å²) in [6.45, 7) is 8.86. The van der Waals surface area contributed by atoms with Crippen LogP contribution in [0, 0.1) is 23.2 Å². The van der Waals surface area contributed by atoms with Crippen molar-refractivity contribution >= 4 is 135 Å². The topological polar surface area (TPSA) is 655 Å². The number of aromatic hydroxyl groups is 1. The molecule has 6 aromatic carbocycles. The Bertz CT molecular complexity index is 5580. The Morgan fingerprint density at radius 1 is 0.458 bits per heavy atom. The number of carbonyl (C=O) groups is 18. The van der Waals surface area contributed by atoms with E-state index in [0.717, 1.165) is 20.9 Å². The Balaban J connectivity index is 1.23. The van der Waals surface area contributed by atoms with Gasteiger partial charge in [0.05, 0.1) is 25.3 Å². The van der Waals surface area contributed by atoms with Crippen LogP contribution >= 0.6 is 11.8 Å². The van der Waals surface area contributed by atoms with Gasteiger partial charge in [-0.2, -0.15) is 0 Å². The zero-order valence-electron chi connectivity index (χ0n) is 80.4. The lowest BCUT2D eigenvalue weighted by molar-refractivity contribution is -0.148. The number of aromatic amines is 1. The second-order valence-corrected chi connectivity index (χ2v) is 36.9. The molecular weight excluding hydrogens is 1850 g/mol. The van der Waals surface area contributed by atoms with Crippen LogP contribution in [0.2, 0.25) is 0 Å². The van der Waals surface area contributed by atoms with Gasteiger partial charge in [-0.15, -0.1) is 11.8 Å². The summed E-state index contributed by atoms with van der Waals surface area (Å²) in [5, 5.41) is 86.3. The number of fused-ring (bicyclic) bond motifs is 1. The van der Waals surface area contributed by atoms with Crippen molar-refractivity contribution in [2.45, 2.75) is 204 Å². The van der Waals surface area contributed by atoms with Gasteiger partial charge in [-0.3, -0.25) is 91.7 Å². The highest BCUT2D eigenvalue weighted by Crippen LogP contribution is 2.25. The number of phenolic OH excluding ortho intramolecular Hbond substituents is 1. The van der Waals surface area contributed by atoms with E-state index in [1.165, 1.54) is 59.1 Å². The molecule has 1 aliphatic rings. The molecule has 43 heteroatoms. The number of amides is 16. The Morgan fingerprint density at radius 2 is 0.901 bits per heavy atom. The van der Waals surface area contributed by atoms with Crippen LogP contribution in [0.3, 0.4) is 0 Å². The summed E-state index contributed by atoms with van der Waals surface area (Å²) in [4.78, 5) is 267. The molecule has 16 amide bonds. The minimum atomic E-state index is -2.09. The van der Waals surface area contributed by atoms with Gasteiger partial charge in [0.1, 0.15) is 90.3 Å². The summed E-state index contributed by atoms with van der Waals surface area (Å²) in [5.41, 5.74) is 15.3. The second-order valence-electron chi connectivity index (χ2n) is 35.8. The van der Waals surface area contributed by atoms with Crippen LogP contribution in [0.4, 0.5) is 0 Å². The number of para-hydroxylation sites is 1. The summed E-state index contributed by atoms with van der Waals surface area (Å²) >= 11 is 0.692. The van der Waals surface area contributed by atoms with Crippen LogP contribution < -0.4 is 85.9 Å². The molecule has 42 nitrogen and oxygen atoms in total. The predicted molar refractivity (Wildman–Crippen MR) is 526 cm³/mol. The lowest BCUT2D eigenvalue weighted by Crippen LogP contribution is -2.62. The molecule has 7 aromatic rings. The number of nitrogens with one attached hydrogen (secondary N) is 16. The molecule has 24 N–H and O–H groups in total. The zero-order chi connectivity index (χ0) is 104. The zero-order valence-corrected chi connectivity index (χ0v) is 81.2. The second kappa shape index (κ2) is 54.9. The number of benzene rings is 6. The molecule has 142 heavy (non-hydrogen) atoms. The number of hydrogen-bond acceptors (Lipinski definition) is 22. The summed E-state index contributed by atoms with van der Waals surface area (Å²) in [7, 11) is 2.49. The molecule has 0 radical (unpaired) electrons. The van der Waals surface area contributed by atoms with E-state index in [2.05, 4.69) is 79.4 Å². The van der Waals surface area contributed by atoms with E-state index in [4.69, 9.17) is 16.9 Å². The van der Waals surface area contributed by atoms with Gasteiger partial charge >= 0.3 is 11.9 Å². The highest BCUT2D eigenvalue weighted by atomic mass is 32.2. The first-order valence-corrected chi connectivity index (χ1v) is 47.6. The number of nitrogens with two attached hydrogens (primary N) is 2. The van der Waals surface area contributed by atoms with E-state index < -0.39 is 265 Å². The van der Waals surface area contributed by atoms with E-state index in [9.17, 15) is 63.6 Å². The fourth-order valence-electron chi connectivity index (χ4n) is 15.7. The Kier molecular flexibility index (Phi) is 43.3. The molecule has 14 atom stereocenters. The third-order valence-corrected chi connectivity index (χ3v) is 24.6. The molecule has 0 bridgehead atoms. The summed E-state index contributed by atoms with van der Waals surface area (Å²) in [6, 6.07) is 21.1. The first-order valence-electron chi connectivity index (χ1n) is 46.5. The van der Waals surface area contributed by atoms with Crippen molar-refractivity contribution in [1.29, 1.82) is 5.41 Å². The van der Waals surface area contributed by atoms with E-state index in [0.29, 0.717) is 44.9 Å². The summed E-state index contributed by atoms with van der Waals surface area (Å²) < 4.78 is 0. The maximum atomic E-state index is 15.6. The number of thioether (sulfide) groups is 1. The van der Waals surface area contributed by atoms with Gasteiger partial charge < -0.3 is 121 Å². The van der Waals surface area contributed by atoms with Gasteiger partial charge in [-0.1, -0.05) is 187 Å². The first-order chi connectivity index (χ1) is 67.5. The monoisotopic (exact) mass is 1980 g/mol. The Morgan fingerprint density at radius 3 is 1.44 bits per heavy atom. The maximum Gasteiger partial charge on any atom is 0.305 e. The lowest BCUT2D eigenvalue weighted by atomic mass is 9.98. The average molecular weight is 1980 g/mol. The first kappa shape index (κ1) is 112. The van der Waals surface area contributed by atoms with Crippen molar-refractivity contribution in [2.75, 3.05) is 45.3 Å². The van der Waals surface area contributed by atoms with Crippen LogP contribution in [0.5, 0.6) is 5.75 Å². The molecular formula is C99H128N20O22S. The third-order valence-electron chi connectivity index (χ3n) is 23.6. The minimum Gasteiger partial charge on any atom is -0.508 e. The van der Waals surface area contributed by atoms with Crippen LogP contribution in [0.25, 0.3) is 22.0 Å². The standard InChI is InChI=1S/C99H128N20O22S/c1-54(2)42-70-91(134)116-84(56(5)6)96(139)114-76(51-120)93(136)115-77(85(128)105-50-79(100)122)52-142-53-80(123)106-71(43-58-22-13-10-14-23-58)87(130)110-72(45-61-33-37-65(121)38-34-61)89(132)112-75(48-82(126)127)90(133)111-74(47-64-49-104-67-29-20-19-28-66(64)67)92(135)117-83(55(3)4)95(138)113-73(44-60-31-35-63(36-32-60)62-26-17-12-18-27-62)88(131)108-69(30-21-41-103-99(101)102)98(141)118(8)57(7)97(140)119(9)78(46-59-24-15-11-16-25-59)94(137)107-68(86(129)109-70)39-40-81(124)125/h10-20,22-29,31-38,49,54-57,68-78,83-84,104,120-121H,21,30,39-48,50-53H2,1-9H3,(H2,100,122)(H,105,128)(H,106,123)(H,107,137)(H,108,131)(H,109,129)(H,110,130)(H,111,133)(H,112,132)(H,113,138)(H,114,139)(H,115,136)(H,116,134)(H,117,135)(H,124,125)(H,126,127)(H4,101,102,103)/t57-,68?,69-,70-,71-,72-,73-,74-,75-,76-,77-,78-,83-,84-/m0/s1. The molecule has 1 aromatic heterocycles. The van der Waals surface area contributed by atoms with Gasteiger partial charge in [0, 0.05) is 82.0 Å². The van der Waals surface area contributed by atoms with E-state index in [-0.39, 0.29) is 62.8 Å². The van der Waals surface area contributed by atoms with Crippen molar-refractivity contribution in [3.05, 3.63) is 198 Å². The predicted octanol–water partition coefficient (Wildman–Crippen LogP) is -0.153. The molecule has 8 rings (SSSR count). The number of carboxylic acid groups (broad SMARTS) is 2. The lowest BCUT2D eigenvalue weighted by Gasteiger charge is -2.35. The van der Waals surface area contributed by atoms with Crippen molar-refractivity contribution in [1.82, 2.24) is 89.2 Å². The molecule has 0 saturated carbocycles. The summed E-state index contributed by atoms with van der Waals surface area (Å²) in [5.74, 6) is -23.8.